The zero-order valence-electron chi connectivity index (χ0n) is 21.4. The minimum absolute atomic E-state index is 0.0143. The van der Waals surface area contributed by atoms with E-state index in [4.69, 9.17) is 0 Å². The van der Waals surface area contributed by atoms with Gasteiger partial charge >= 0.3 is 7.60 Å². The van der Waals surface area contributed by atoms with E-state index in [0.717, 1.165) is 47.5 Å². The van der Waals surface area contributed by atoms with Gasteiger partial charge in [-0.1, -0.05) is 18.6 Å². The number of piperidine rings is 2. The summed E-state index contributed by atoms with van der Waals surface area (Å²) in [5.41, 5.74) is 1.43. The lowest BCUT2D eigenvalue weighted by Crippen LogP contribution is -2.58. The van der Waals surface area contributed by atoms with Crippen molar-refractivity contribution < 1.29 is 14.4 Å². The molecule has 4 bridgehead atoms. The molecule has 2 aliphatic heterocycles. The summed E-state index contributed by atoms with van der Waals surface area (Å²) < 4.78 is 13.3. The van der Waals surface area contributed by atoms with Crippen molar-refractivity contribution in [3.8, 4) is 0 Å². The maximum absolute atomic E-state index is 13.8. The van der Waals surface area contributed by atoms with Crippen LogP contribution in [0.2, 0.25) is 0 Å². The Morgan fingerprint density at radius 1 is 0.919 bits per heavy atom. The molecule has 3 aliphatic carbocycles. The molecule has 5 fully saturated rings. The maximum atomic E-state index is 13.8. The summed E-state index contributed by atoms with van der Waals surface area (Å²) in [7, 11) is -4.15. The molecule has 0 amide bonds. The molecule has 7 rings (SSSR count). The zero-order chi connectivity index (χ0) is 25.3. The van der Waals surface area contributed by atoms with Crippen molar-refractivity contribution in [1.29, 1.82) is 0 Å². The third kappa shape index (κ3) is 4.38. The summed E-state index contributed by atoms with van der Waals surface area (Å²) in [6.07, 6.45) is 12.6. The van der Waals surface area contributed by atoms with Crippen LogP contribution in [-0.2, 0) is 4.57 Å². The fourth-order valence-electron chi connectivity index (χ4n) is 9.18. The largest absolute Gasteiger partial charge is 0.365 e. The summed E-state index contributed by atoms with van der Waals surface area (Å²) in [5, 5.41) is 2.94. The maximum Gasteiger partial charge on any atom is 0.327 e. The van der Waals surface area contributed by atoms with Crippen LogP contribution in [-0.4, -0.2) is 55.1 Å². The highest BCUT2D eigenvalue weighted by atomic mass is 31.2. The average Bonchev–Trinajstić information content (AvgIpc) is 3.06. The molecule has 3 N–H and O–H groups in total. The van der Waals surface area contributed by atoms with Crippen LogP contribution in [0.3, 0.4) is 0 Å². The lowest BCUT2D eigenvalue weighted by Gasteiger charge is -2.54. The van der Waals surface area contributed by atoms with Crippen molar-refractivity contribution in [2.45, 2.75) is 88.4 Å². The summed E-state index contributed by atoms with van der Waals surface area (Å²) >= 11 is 0. The Hall–Kier alpha value is -1.73. The molecule has 3 heterocycles. The van der Waals surface area contributed by atoms with Gasteiger partial charge < -0.3 is 19.7 Å². The van der Waals surface area contributed by atoms with E-state index < -0.39 is 7.60 Å². The predicted molar refractivity (Wildman–Crippen MR) is 144 cm³/mol. The van der Waals surface area contributed by atoms with Crippen molar-refractivity contribution in [2.75, 3.05) is 18.0 Å². The molecular weight excluding hydrogens is 487 g/mol. The van der Waals surface area contributed by atoms with Crippen molar-refractivity contribution in [2.24, 2.45) is 23.7 Å². The number of rotatable bonds is 6. The molecule has 9 heteroatoms. The SMILES string of the molecule is O=c1c(NCCP(=O)(O)O)nc2ccccc2n1C1CC2CCCC(C1)N2C1CC2CC3CC(C1)C3C2. The number of para-hydroxylation sites is 2. The van der Waals surface area contributed by atoms with E-state index >= 15 is 0 Å². The number of anilines is 1. The molecule has 7 unspecified atom stereocenters. The van der Waals surface area contributed by atoms with E-state index in [1.54, 1.807) is 0 Å². The zero-order valence-corrected chi connectivity index (χ0v) is 22.3. The Morgan fingerprint density at radius 3 is 2.46 bits per heavy atom. The standard InChI is InChI=1S/C28H39N4O4P/c33-28-27(29-8-9-37(34,35)36)30-25-6-1-2-7-26(25)32(28)23-15-20-4-3-5-21(16-23)31(20)22-11-17-10-18-13-19(14-22)24(18)12-17/h1-2,6-7,17-24H,3-5,8-16H2,(H,29,30)(H2,34,35,36). The molecule has 7 atom stereocenters. The highest BCUT2D eigenvalue weighted by Gasteiger charge is 2.53. The lowest BCUT2D eigenvalue weighted by molar-refractivity contribution is -0.0437. The number of hydrogen-bond donors (Lipinski definition) is 3. The first kappa shape index (κ1) is 24.3. The Bertz CT molecular complexity index is 1270. The van der Waals surface area contributed by atoms with Gasteiger partial charge in [0.25, 0.3) is 5.56 Å². The van der Waals surface area contributed by atoms with Gasteiger partial charge in [0, 0.05) is 30.7 Å². The van der Waals surface area contributed by atoms with Gasteiger partial charge in [0.15, 0.2) is 5.82 Å². The molecule has 2 aromatic rings. The van der Waals surface area contributed by atoms with Gasteiger partial charge in [-0.3, -0.25) is 14.3 Å². The molecule has 1 aromatic carbocycles. The van der Waals surface area contributed by atoms with Gasteiger partial charge in [-0.2, -0.15) is 0 Å². The van der Waals surface area contributed by atoms with Crippen LogP contribution in [0.15, 0.2) is 29.1 Å². The van der Waals surface area contributed by atoms with E-state index in [1.807, 2.05) is 28.8 Å². The van der Waals surface area contributed by atoms with E-state index in [1.165, 1.54) is 51.4 Å². The Morgan fingerprint density at radius 2 is 1.68 bits per heavy atom. The lowest BCUT2D eigenvalue weighted by atomic mass is 9.64. The van der Waals surface area contributed by atoms with Crippen LogP contribution in [0.1, 0.15) is 70.3 Å². The van der Waals surface area contributed by atoms with Gasteiger partial charge in [-0.25, -0.2) is 4.98 Å². The molecule has 3 saturated carbocycles. The number of nitrogens with one attached hydrogen (secondary N) is 1. The van der Waals surface area contributed by atoms with E-state index in [-0.39, 0.29) is 30.1 Å². The second-order valence-corrected chi connectivity index (χ2v) is 14.4. The van der Waals surface area contributed by atoms with Gasteiger partial charge in [0.1, 0.15) is 0 Å². The molecule has 1 aromatic heterocycles. The molecule has 0 radical (unpaired) electrons. The number of fused-ring (bicyclic) bond motifs is 4. The van der Waals surface area contributed by atoms with E-state index in [2.05, 4.69) is 15.2 Å². The fraction of sp³-hybridized carbons (Fsp3) is 0.714. The first-order valence-electron chi connectivity index (χ1n) is 14.4. The Kier molecular flexibility index (Phi) is 6.04. The summed E-state index contributed by atoms with van der Waals surface area (Å²) in [6.45, 7) is 0.0143. The first-order valence-corrected chi connectivity index (χ1v) is 16.2. The van der Waals surface area contributed by atoms with E-state index in [9.17, 15) is 19.1 Å². The van der Waals surface area contributed by atoms with Crippen LogP contribution < -0.4 is 10.9 Å². The van der Waals surface area contributed by atoms with Gasteiger partial charge in [0.2, 0.25) is 0 Å². The van der Waals surface area contributed by atoms with Crippen LogP contribution >= 0.6 is 7.60 Å². The van der Waals surface area contributed by atoms with Crippen molar-refractivity contribution in [3.05, 3.63) is 34.6 Å². The highest BCUT2D eigenvalue weighted by molar-refractivity contribution is 7.51. The van der Waals surface area contributed by atoms with Crippen molar-refractivity contribution in [3.63, 3.8) is 0 Å². The average molecular weight is 527 g/mol. The summed E-state index contributed by atoms with van der Waals surface area (Å²) in [6, 6.07) is 9.68. The number of hydrogen-bond acceptors (Lipinski definition) is 5. The molecule has 37 heavy (non-hydrogen) atoms. The third-order valence-electron chi connectivity index (χ3n) is 10.5. The van der Waals surface area contributed by atoms with Crippen LogP contribution in [0.4, 0.5) is 5.82 Å². The summed E-state index contributed by atoms with van der Waals surface area (Å²) in [5.74, 6) is 4.14. The van der Waals surface area contributed by atoms with Crippen molar-refractivity contribution in [1.82, 2.24) is 14.5 Å². The Balaban J connectivity index is 1.18. The quantitative estimate of drug-likeness (QED) is 0.480. The minimum atomic E-state index is -4.15. The predicted octanol–water partition coefficient (Wildman–Crippen LogP) is 4.37. The van der Waals surface area contributed by atoms with Gasteiger partial charge in [-0.05, 0) is 93.6 Å². The topological polar surface area (TPSA) is 108 Å². The molecule has 200 valence electrons. The molecule has 5 aliphatic rings. The molecule has 0 spiro atoms. The summed E-state index contributed by atoms with van der Waals surface area (Å²) in [4.78, 5) is 39.7. The fourth-order valence-corrected chi connectivity index (χ4v) is 9.58. The van der Waals surface area contributed by atoms with Gasteiger partial charge in [0.05, 0.1) is 17.2 Å². The third-order valence-corrected chi connectivity index (χ3v) is 11.3. The van der Waals surface area contributed by atoms with Crippen LogP contribution in [0.25, 0.3) is 11.0 Å². The number of benzene rings is 1. The number of nitrogens with zero attached hydrogens (tertiary/aromatic N) is 3. The minimum Gasteiger partial charge on any atom is -0.365 e. The Labute approximate surface area is 218 Å². The molecular formula is C28H39N4O4P. The van der Waals surface area contributed by atoms with Crippen molar-refractivity contribution >= 4 is 24.4 Å². The highest BCUT2D eigenvalue weighted by Crippen LogP contribution is 2.59. The second kappa shape index (κ2) is 9.18. The van der Waals surface area contributed by atoms with E-state index in [0.29, 0.717) is 18.1 Å². The first-order chi connectivity index (χ1) is 17.8. The normalized spacial score (nSPS) is 37.2. The van der Waals surface area contributed by atoms with Crippen LogP contribution in [0, 0.1) is 23.7 Å². The van der Waals surface area contributed by atoms with Crippen LogP contribution in [0.5, 0.6) is 0 Å². The molecule has 2 saturated heterocycles. The van der Waals surface area contributed by atoms with Gasteiger partial charge in [-0.15, -0.1) is 0 Å². The second-order valence-electron chi connectivity index (χ2n) is 12.6. The number of aromatic nitrogens is 2. The molecule has 8 nitrogen and oxygen atoms in total. The monoisotopic (exact) mass is 526 g/mol. The smallest absolute Gasteiger partial charge is 0.327 e.